The summed E-state index contributed by atoms with van der Waals surface area (Å²) in [6.45, 7) is 7.84. The van der Waals surface area contributed by atoms with Crippen molar-refractivity contribution < 1.29 is 19.1 Å². The maximum Gasteiger partial charge on any atom is 0.407 e. The predicted molar refractivity (Wildman–Crippen MR) is 121 cm³/mol. The Hall–Kier alpha value is -2.81. The topological polar surface area (TPSA) is 113 Å². The van der Waals surface area contributed by atoms with Crippen molar-refractivity contribution in [1.82, 2.24) is 16.0 Å². The molecule has 1 heterocycles. The van der Waals surface area contributed by atoms with Crippen LogP contribution in [0.3, 0.4) is 0 Å². The molecule has 2 rings (SSSR count). The molecule has 0 bridgehead atoms. The van der Waals surface area contributed by atoms with Crippen molar-refractivity contribution >= 4 is 23.6 Å². The molecule has 0 radical (unpaired) electrons. The van der Waals surface area contributed by atoms with Crippen LogP contribution in [0.5, 0.6) is 0 Å². The number of hydrogen-bond donors (Lipinski definition) is 4. The second kappa shape index (κ2) is 12.1. The second-order valence-electron chi connectivity index (χ2n) is 8.33. The van der Waals surface area contributed by atoms with Crippen LogP contribution >= 0.6 is 0 Å². The highest BCUT2D eigenvalue weighted by atomic mass is 16.6. The number of benzene rings is 1. The van der Waals surface area contributed by atoms with E-state index in [1.807, 2.05) is 45.0 Å². The second-order valence-corrected chi connectivity index (χ2v) is 8.33. The monoisotopic (exact) mass is 433 g/mol. The minimum Gasteiger partial charge on any atom is -0.444 e. The van der Waals surface area contributed by atoms with Crippen LogP contribution in [0, 0.1) is 0 Å². The lowest BCUT2D eigenvalue weighted by Gasteiger charge is -2.19. The zero-order chi connectivity index (χ0) is 22.7. The molecule has 1 aliphatic heterocycles. The molecule has 1 unspecified atom stereocenters. The van der Waals surface area contributed by atoms with Gasteiger partial charge in [-0.3, -0.25) is 9.79 Å². The van der Waals surface area contributed by atoms with Gasteiger partial charge in [-0.2, -0.15) is 0 Å². The minimum atomic E-state index is -0.501. The van der Waals surface area contributed by atoms with Crippen LogP contribution in [0.15, 0.2) is 29.3 Å². The molecule has 4 N–H and O–H groups in total. The van der Waals surface area contributed by atoms with E-state index in [1.54, 1.807) is 7.05 Å². The molecule has 2 amide bonds. The average molecular weight is 434 g/mol. The molecular weight excluding hydrogens is 398 g/mol. The van der Waals surface area contributed by atoms with Crippen LogP contribution < -0.4 is 21.3 Å². The van der Waals surface area contributed by atoms with Crippen LogP contribution in [-0.4, -0.2) is 56.4 Å². The molecule has 0 aliphatic carbocycles. The highest BCUT2D eigenvalue weighted by molar-refractivity contribution is 5.94. The summed E-state index contributed by atoms with van der Waals surface area (Å²) in [7, 11) is 1.70. The first-order chi connectivity index (χ1) is 14.8. The highest BCUT2D eigenvalue weighted by Crippen LogP contribution is 2.16. The molecule has 1 fully saturated rings. The molecule has 0 spiro atoms. The van der Waals surface area contributed by atoms with E-state index in [9.17, 15) is 9.59 Å². The standard InChI is InChI=1S/C22H35N5O4/c1-22(2,3)31-21(29)25-12-7-11-24-20(23-4)26-15-16-8-5-9-17(14-16)27-19(28)18-10-6-13-30-18/h5,8-9,14,18H,6-7,10-13,15H2,1-4H3,(H,25,29)(H,27,28)(H2,23,24,26). The molecule has 1 atom stereocenters. The third kappa shape index (κ3) is 9.69. The number of ether oxygens (including phenoxy) is 2. The van der Waals surface area contributed by atoms with Crippen LogP contribution in [0.4, 0.5) is 10.5 Å². The third-order valence-corrected chi connectivity index (χ3v) is 4.41. The van der Waals surface area contributed by atoms with Gasteiger partial charge in [-0.05, 0) is 57.7 Å². The minimum absolute atomic E-state index is 0.0972. The number of nitrogens with one attached hydrogen (secondary N) is 4. The number of anilines is 1. The molecule has 1 aliphatic rings. The number of alkyl carbamates (subject to hydrolysis) is 1. The number of aliphatic imine (C=N–C) groups is 1. The molecule has 9 heteroatoms. The van der Waals surface area contributed by atoms with Gasteiger partial charge >= 0.3 is 6.09 Å². The molecule has 0 saturated carbocycles. The zero-order valence-electron chi connectivity index (χ0n) is 18.9. The number of amides is 2. The Balaban J connectivity index is 1.68. The van der Waals surface area contributed by atoms with E-state index in [2.05, 4.69) is 26.3 Å². The Bertz CT molecular complexity index is 755. The molecule has 1 aromatic rings. The lowest BCUT2D eigenvalue weighted by molar-refractivity contribution is -0.124. The van der Waals surface area contributed by atoms with Gasteiger partial charge in [-0.25, -0.2) is 4.79 Å². The van der Waals surface area contributed by atoms with E-state index < -0.39 is 11.7 Å². The van der Waals surface area contributed by atoms with Crippen LogP contribution in [0.25, 0.3) is 0 Å². The lowest BCUT2D eigenvalue weighted by atomic mass is 10.2. The van der Waals surface area contributed by atoms with E-state index in [-0.39, 0.29) is 12.0 Å². The SMILES string of the molecule is CN=C(NCCCNC(=O)OC(C)(C)C)NCc1cccc(NC(=O)C2CCCO2)c1. The van der Waals surface area contributed by atoms with Gasteiger partial charge < -0.3 is 30.7 Å². The Morgan fingerprint density at radius 3 is 2.65 bits per heavy atom. The van der Waals surface area contributed by atoms with Gasteiger partial charge in [0.05, 0.1) is 0 Å². The Morgan fingerprint density at radius 2 is 1.97 bits per heavy atom. The first-order valence-corrected chi connectivity index (χ1v) is 10.7. The normalized spacial score (nSPS) is 16.5. The maximum absolute atomic E-state index is 12.2. The van der Waals surface area contributed by atoms with Gasteiger partial charge in [0.15, 0.2) is 5.96 Å². The molecule has 9 nitrogen and oxygen atoms in total. The van der Waals surface area contributed by atoms with E-state index >= 15 is 0 Å². The fraction of sp³-hybridized carbons (Fsp3) is 0.591. The van der Waals surface area contributed by atoms with E-state index in [4.69, 9.17) is 9.47 Å². The maximum atomic E-state index is 12.2. The molecule has 31 heavy (non-hydrogen) atoms. The molecular formula is C22H35N5O4. The van der Waals surface area contributed by atoms with Gasteiger partial charge in [0.2, 0.25) is 0 Å². The van der Waals surface area contributed by atoms with Crippen molar-refractivity contribution in [3.8, 4) is 0 Å². The van der Waals surface area contributed by atoms with Gasteiger partial charge in [0.1, 0.15) is 11.7 Å². The summed E-state index contributed by atoms with van der Waals surface area (Å²) in [4.78, 5) is 28.0. The summed E-state index contributed by atoms with van der Waals surface area (Å²) >= 11 is 0. The zero-order valence-corrected chi connectivity index (χ0v) is 18.9. The number of guanidine groups is 1. The molecule has 172 valence electrons. The van der Waals surface area contributed by atoms with E-state index in [1.165, 1.54) is 0 Å². The molecule has 1 saturated heterocycles. The van der Waals surface area contributed by atoms with Crippen molar-refractivity contribution in [3.05, 3.63) is 29.8 Å². The van der Waals surface area contributed by atoms with Crippen LogP contribution in [0.1, 0.15) is 45.6 Å². The van der Waals surface area contributed by atoms with Crippen molar-refractivity contribution in [1.29, 1.82) is 0 Å². The summed E-state index contributed by atoms with van der Waals surface area (Å²) in [6.07, 6.45) is 1.65. The van der Waals surface area contributed by atoms with Gasteiger partial charge in [0.25, 0.3) is 5.91 Å². The average Bonchev–Trinajstić information content (AvgIpc) is 3.24. The summed E-state index contributed by atoms with van der Waals surface area (Å²) in [6, 6.07) is 7.67. The van der Waals surface area contributed by atoms with E-state index in [0.29, 0.717) is 32.2 Å². The van der Waals surface area contributed by atoms with Crippen LogP contribution in [0.2, 0.25) is 0 Å². The van der Waals surface area contributed by atoms with E-state index in [0.717, 1.165) is 30.5 Å². The van der Waals surface area contributed by atoms with Gasteiger partial charge in [-0.15, -0.1) is 0 Å². The number of carbonyl (C=O) groups excluding carboxylic acids is 2. The Morgan fingerprint density at radius 1 is 1.19 bits per heavy atom. The number of nitrogens with zero attached hydrogens (tertiary/aromatic N) is 1. The van der Waals surface area contributed by atoms with Gasteiger partial charge in [-0.1, -0.05) is 12.1 Å². The predicted octanol–water partition coefficient (Wildman–Crippen LogP) is 2.38. The summed E-state index contributed by atoms with van der Waals surface area (Å²) in [5.74, 6) is 0.561. The quantitative estimate of drug-likeness (QED) is 0.284. The van der Waals surface area contributed by atoms with Crippen molar-refractivity contribution in [2.24, 2.45) is 4.99 Å². The molecule has 1 aromatic carbocycles. The Labute approximate surface area is 184 Å². The third-order valence-electron chi connectivity index (χ3n) is 4.41. The van der Waals surface area contributed by atoms with Crippen LogP contribution in [-0.2, 0) is 20.8 Å². The van der Waals surface area contributed by atoms with Crippen molar-refractivity contribution in [3.63, 3.8) is 0 Å². The Kier molecular flexibility index (Phi) is 9.58. The summed E-state index contributed by atoms with van der Waals surface area (Å²) in [5.41, 5.74) is 1.26. The summed E-state index contributed by atoms with van der Waals surface area (Å²) in [5, 5.41) is 12.1. The van der Waals surface area contributed by atoms with Gasteiger partial charge in [0, 0.05) is 39.0 Å². The first-order valence-electron chi connectivity index (χ1n) is 10.7. The lowest BCUT2D eigenvalue weighted by Crippen LogP contribution is -2.39. The summed E-state index contributed by atoms with van der Waals surface area (Å²) < 4.78 is 10.6. The van der Waals surface area contributed by atoms with Crippen molar-refractivity contribution in [2.75, 3.05) is 32.1 Å². The number of rotatable bonds is 8. The first kappa shape index (κ1) is 24.5. The number of carbonyl (C=O) groups is 2. The highest BCUT2D eigenvalue weighted by Gasteiger charge is 2.23. The fourth-order valence-corrected chi connectivity index (χ4v) is 2.97. The number of hydrogen-bond acceptors (Lipinski definition) is 5. The molecule has 0 aromatic heterocycles. The largest absolute Gasteiger partial charge is 0.444 e. The fourth-order valence-electron chi connectivity index (χ4n) is 2.97. The van der Waals surface area contributed by atoms with Crippen molar-refractivity contribution in [2.45, 2.75) is 58.3 Å². The smallest absolute Gasteiger partial charge is 0.407 e.